The summed E-state index contributed by atoms with van der Waals surface area (Å²) in [6.45, 7) is -0.299. The number of hydrogen-bond donors (Lipinski definition) is 2. The molecule has 1 aromatic rings. The third kappa shape index (κ3) is 3.45. The van der Waals surface area contributed by atoms with Crippen LogP contribution in [-0.4, -0.2) is 34.6 Å². The van der Waals surface area contributed by atoms with Crippen LogP contribution in [0.5, 0.6) is 0 Å². The molecule has 1 aromatic carbocycles. The van der Waals surface area contributed by atoms with Gasteiger partial charge in [-0.15, -0.1) is 0 Å². The maximum absolute atomic E-state index is 12.0. The fraction of sp³-hybridized carbons (Fsp3) is 0.308. The van der Waals surface area contributed by atoms with Gasteiger partial charge in [0.1, 0.15) is 6.54 Å². The van der Waals surface area contributed by atoms with Crippen LogP contribution < -0.4 is 5.32 Å². The Labute approximate surface area is 110 Å². The van der Waals surface area contributed by atoms with Gasteiger partial charge < -0.3 is 15.3 Å². The number of urea groups is 1. The van der Waals surface area contributed by atoms with E-state index in [0.29, 0.717) is 11.3 Å². The Kier molecular flexibility index (Phi) is 3.66. The molecule has 1 aliphatic carbocycles. The smallest absolute Gasteiger partial charge is 0.323 e. The van der Waals surface area contributed by atoms with Gasteiger partial charge in [-0.05, 0) is 37.1 Å². The molecule has 6 nitrogen and oxygen atoms in total. The first kappa shape index (κ1) is 12.9. The normalized spacial score (nSPS) is 13.4. The van der Waals surface area contributed by atoms with Crippen LogP contribution >= 0.6 is 0 Å². The van der Waals surface area contributed by atoms with Crippen molar-refractivity contribution < 1.29 is 14.7 Å². The molecule has 0 unspecified atom stereocenters. The van der Waals surface area contributed by atoms with Gasteiger partial charge in [0.2, 0.25) is 0 Å². The van der Waals surface area contributed by atoms with Crippen LogP contribution in [-0.2, 0) is 4.79 Å². The summed E-state index contributed by atoms with van der Waals surface area (Å²) in [6.07, 6.45) is 1.68. The predicted octanol–water partition coefficient (Wildman–Crippen LogP) is 1.64. The number of hydrogen-bond acceptors (Lipinski definition) is 3. The lowest BCUT2D eigenvalue weighted by atomic mass is 10.2. The van der Waals surface area contributed by atoms with Crippen LogP contribution in [0.25, 0.3) is 0 Å². The number of carboxylic acid groups (broad SMARTS) is 1. The molecule has 0 radical (unpaired) electrons. The lowest BCUT2D eigenvalue weighted by Gasteiger charge is -2.20. The molecule has 6 heteroatoms. The minimum absolute atomic E-state index is 0.0227. The molecular formula is C13H13N3O3. The van der Waals surface area contributed by atoms with Gasteiger partial charge in [-0.1, -0.05) is 0 Å². The molecule has 0 heterocycles. The second kappa shape index (κ2) is 5.40. The fourth-order valence-corrected chi connectivity index (χ4v) is 1.72. The van der Waals surface area contributed by atoms with Crippen molar-refractivity contribution in [2.45, 2.75) is 18.9 Å². The highest BCUT2D eigenvalue weighted by Crippen LogP contribution is 2.27. The van der Waals surface area contributed by atoms with Gasteiger partial charge in [0.05, 0.1) is 11.6 Å². The molecule has 1 fully saturated rings. The molecule has 0 aliphatic heterocycles. The molecule has 2 N–H and O–H groups in total. The summed E-state index contributed by atoms with van der Waals surface area (Å²) in [5, 5.41) is 20.1. The Morgan fingerprint density at radius 1 is 1.37 bits per heavy atom. The van der Waals surface area contributed by atoms with Crippen LogP contribution in [0.15, 0.2) is 24.3 Å². The number of aliphatic carboxylic acids is 1. The summed E-state index contributed by atoms with van der Waals surface area (Å²) in [5.74, 6) is -1.03. The molecule has 0 bridgehead atoms. The van der Waals surface area contributed by atoms with E-state index in [4.69, 9.17) is 10.4 Å². The number of carbonyl (C=O) groups excluding carboxylic acids is 1. The summed E-state index contributed by atoms with van der Waals surface area (Å²) in [4.78, 5) is 24.0. The lowest BCUT2D eigenvalue weighted by molar-refractivity contribution is -0.137. The Morgan fingerprint density at radius 3 is 2.47 bits per heavy atom. The van der Waals surface area contributed by atoms with E-state index in [-0.39, 0.29) is 12.6 Å². The molecule has 2 amide bonds. The Hall–Kier alpha value is -2.55. The third-order valence-electron chi connectivity index (χ3n) is 2.82. The van der Waals surface area contributed by atoms with Gasteiger partial charge in [-0.3, -0.25) is 4.79 Å². The number of carboxylic acids is 1. The SMILES string of the molecule is N#Cc1ccc(NC(=O)N(CC(=O)O)C2CC2)cc1. The highest BCUT2D eigenvalue weighted by molar-refractivity contribution is 5.91. The van der Waals surface area contributed by atoms with Gasteiger partial charge in [-0.2, -0.15) is 5.26 Å². The monoisotopic (exact) mass is 259 g/mol. The van der Waals surface area contributed by atoms with Crippen LogP contribution in [0.1, 0.15) is 18.4 Å². The summed E-state index contributed by atoms with van der Waals surface area (Å²) >= 11 is 0. The maximum atomic E-state index is 12.0. The molecule has 1 aliphatic rings. The Morgan fingerprint density at radius 2 is 2.00 bits per heavy atom. The zero-order valence-electron chi connectivity index (χ0n) is 10.2. The molecule has 98 valence electrons. The van der Waals surface area contributed by atoms with Gasteiger partial charge in [0.25, 0.3) is 0 Å². The van der Waals surface area contributed by atoms with Gasteiger partial charge in [-0.25, -0.2) is 4.79 Å². The largest absolute Gasteiger partial charge is 0.480 e. The average molecular weight is 259 g/mol. The van der Waals surface area contributed by atoms with E-state index >= 15 is 0 Å². The van der Waals surface area contributed by atoms with Gasteiger partial charge in [0, 0.05) is 11.7 Å². The first-order chi connectivity index (χ1) is 9.10. The number of rotatable bonds is 4. The van der Waals surface area contributed by atoms with Gasteiger partial charge in [0.15, 0.2) is 0 Å². The summed E-state index contributed by atoms with van der Waals surface area (Å²) in [6, 6.07) is 7.99. The first-order valence-corrected chi connectivity index (χ1v) is 5.89. The van der Waals surface area contributed by atoms with Crippen molar-refractivity contribution in [2.24, 2.45) is 0 Å². The topological polar surface area (TPSA) is 93.4 Å². The molecule has 0 aromatic heterocycles. The predicted molar refractivity (Wildman–Crippen MR) is 67.5 cm³/mol. The number of benzene rings is 1. The molecule has 1 saturated carbocycles. The summed E-state index contributed by atoms with van der Waals surface area (Å²) in [5.41, 5.74) is 1.04. The zero-order chi connectivity index (χ0) is 13.8. The number of nitrogens with zero attached hydrogens (tertiary/aromatic N) is 2. The van der Waals surface area contributed by atoms with Crippen LogP contribution in [0.3, 0.4) is 0 Å². The van der Waals surface area contributed by atoms with E-state index in [0.717, 1.165) is 12.8 Å². The minimum Gasteiger partial charge on any atom is -0.480 e. The van der Waals surface area contributed by atoms with Crippen molar-refractivity contribution in [1.82, 2.24) is 4.90 Å². The number of anilines is 1. The zero-order valence-corrected chi connectivity index (χ0v) is 10.2. The molecule has 2 rings (SSSR count). The first-order valence-electron chi connectivity index (χ1n) is 5.89. The van der Waals surface area contributed by atoms with Crippen molar-refractivity contribution in [1.29, 1.82) is 5.26 Å². The minimum atomic E-state index is -1.03. The summed E-state index contributed by atoms with van der Waals surface area (Å²) in [7, 11) is 0. The second-order valence-electron chi connectivity index (χ2n) is 4.37. The third-order valence-corrected chi connectivity index (χ3v) is 2.82. The van der Waals surface area contributed by atoms with Crippen molar-refractivity contribution in [2.75, 3.05) is 11.9 Å². The number of nitrogens with one attached hydrogen (secondary N) is 1. The number of carbonyl (C=O) groups is 2. The Bertz CT molecular complexity index is 529. The molecule has 19 heavy (non-hydrogen) atoms. The van der Waals surface area contributed by atoms with E-state index < -0.39 is 12.0 Å². The van der Waals surface area contributed by atoms with Crippen molar-refractivity contribution in [3.63, 3.8) is 0 Å². The quantitative estimate of drug-likeness (QED) is 0.859. The number of amides is 2. The van der Waals surface area contributed by atoms with Crippen LogP contribution in [0, 0.1) is 11.3 Å². The van der Waals surface area contributed by atoms with E-state index in [1.165, 1.54) is 4.90 Å². The molecule has 0 spiro atoms. The highest BCUT2D eigenvalue weighted by Gasteiger charge is 2.33. The molecule has 0 atom stereocenters. The standard InChI is InChI=1S/C13H13N3O3/c14-7-9-1-3-10(4-2-9)15-13(19)16(8-12(17)18)11-5-6-11/h1-4,11H,5-6,8H2,(H,15,19)(H,17,18). The molecular weight excluding hydrogens is 246 g/mol. The Balaban J connectivity index is 2.01. The van der Waals surface area contributed by atoms with Crippen molar-refractivity contribution >= 4 is 17.7 Å². The van der Waals surface area contributed by atoms with Crippen molar-refractivity contribution in [3.05, 3.63) is 29.8 Å². The summed E-state index contributed by atoms with van der Waals surface area (Å²) < 4.78 is 0. The van der Waals surface area contributed by atoms with Crippen LogP contribution in [0.4, 0.5) is 10.5 Å². The lowest BCUT2D eigenvalue weighted by Crippen LogP contribution is -2.40. The second-order valence-corrected chi connectivity index (χ2v) is 4.37. The van der Waals surface area contributed by atoms with Gasteiger partial charge >= 0.3 is 12.0 Å². The fourth-order valence-electron chi connectivity index (χ4n) is 1.72. The van der Waals surface area contributed by atoms with E-state index in [9.17, 15) is 9.59 Å². The van der Waals surface area contributed by atoms with E-state index in [1.807, 2.05) is 6.07 Å². The van der Waals surface area contributed by atoms with E-state index in [1.54, 1.807) is 24.3 Å². The number of nitriles is 1. The molecule has 0 saturated heterocycles. The maximum Gasteiger partial charge on any atom is 0.323 e. The van der Waals surface area contributed by atoms with Crippen molar-refractivity contribution in [3.8, 4) is 6.07 Å². The average Bonchev–Trinajstić information content (AvgIpc) is 3.21. The van der Waals surface area contributed by atoms with Crippen LogP contribution in [0.2, 0.25) is 0 Å². The van der Waals surface area contributed by atoms with E-state index in [2.05, 4.69) is 5.32 Å². The highest BCUT2D eigenvalue weighted by atomic mass is 16.4.